The fourth-order valence-corrected chi connectivity index (χ4v) is 5.22. The number of allylic oxidation sites excluding steroid dienone is 2. The highest BCUT2D eigenvalue weighted by Gasteiger charge is 2.50. The van der Waals surface area contributed by atoms with Gasteiger partial charge in [0.15, 0.2) is 0 Å². The van der Waals surface area contributed by atoms with Crippen LogP contribution in [0, 0.1) is 0 Å². The van der Waals surface area contributed by atoms with Gasteiger partial charge in [0, 0.05) is 0 Å². The van der Waals surface area contributed by atoms with E-state index in [-0.39, 0.29) is 0 Å². The van der Waals surface area contributed by atoms with Crippen molar-refractivity contribution in [1.82, 2.24) is 0 Å². The molecule has 4 rings (SSSR count). The molecule has 2 heteroatoms. The van der Waals surface area contributed by atoms with E-state index >= 15 is 0 Å². The van der Waals surface area contributed by atoms with Crippen LogP contribution in [0.25, 0.3) is 0 Å². The highest BCUT2D eigenvalue weighted by atomic mass is 16.3. The van der Waals surface area contributed by atoms with Gasteiger partial charge in [0.2, 0.25) is 0 Å². The second-order valence-corrected chi connectivity index (χ2v) is 7.32. The van der Waals surface area contributed by atoms with Gasteiger partial charge in [-0.3, -0.25) is 0 Å². The topological polar surface area (TPSA) is 40.5 Å². The number of hydrogen-bond acceptors (Lipinski definition) is 2. The molecule has 2 atom stereocenters. The van der Waals surface area contributed by atoms with Crippen molar-refractivity contribution in [2.24, 2.45) is 0 Å². The van der Waals surface area contributed by atoms with Crippen molar-refractivity contribution in [1.29, 1.82) is 0 Å². The molecule has 0 aromatic heterocycles. The van der Waals surface area contributed by atoms with Gasteiger partial charge in [0.1, 0.15) is 0 Å². The van der Waals surface area contributed by atoms with Gasteiger partial charge in [-0.15, -0.1) is 13.2 Å². The van der Waals surface area contributed by atoms with E-state index in [4.69, 9.17) is 0 Å². The lowest BCUT2D eigenvalue weighted by Gasteiger charge is -2.28. The average molecular weight is 296 g/mol. The van der Waals surface area contributed by atoms with Crippen molar-refractivity contribution in [2.75, 3.05) is 0 Å². The Labute approximate surface area is 132 Å². The molecule has 4 aliphatic carbocycles. The summed E-state index contributed by atoms with van der Waals surface area (Å²) in [6.45, 7) is 7.63. The summed E-state index contributed by atoms with van der Waals surface area (Å²) in [6.07, 6.45) is 10.4. The minimum Gasteiger partial charge on any atom is -0.385 e. The van der Waals surface area contributed by atoms with Gasteiger partial charge < -0.3 is 10.2 Å². The van der Waals surface area contributed by atoms with Gasteiger partial charge in [-0.2, -0.15) is 0 Å². The summed E-state index contributed by atoms with van der Waals surface area (Å²) in [6, 6.07) is 0. The molecule has 0 fully saturated rings. The van der Waals surface area contributed by atoms with Crippen LogP contribution in [-0.2, 0) is 0 Å². The summed E-state index contributed by atoms with van der Waals surface area (Å²) in [4.78, 5) is 0. The van der Waals surface area contributed by atoms with Crippen LogP contribution in [0.4, 0.5) is 0 Å². The standard InChI is InChI=1S/C20H24O2/c1-3-7-19(21)9-5-13-11-16-15(17(13)19)12-14-6-10-20(22,8-4-2)18(14)16/h3-4,21-22H,1-2,5-12H2. The van der Waals surface area contributed by atoms with E-state index in [2.05, 4.69) is 13.2 Å². The predicted molar refractivity (Wildman–Crippen MR) is 88.3 cm³/mol. The molecular formula is C20H24O2. The summed E-state index contributed by atoms with van der Waals surface area (Å²) in [5.41, 5.74) is 6.39. The molecule has 0 aliphatic heterocycles. The van der Waals surface area contributed by atoms with Crippen LogP contribution in [-0.4, -0.2) is 21.4 Å². The van der Waals surface area contributed by atoms with Crippen LogP contribution in [0.15, 0.2) is 58.7 Å². The van der Waals surface area contributed by atoms with Gasteiger partial charge in [0.05, 0.1) is 11.2 Å². The summed E-state index contributed by atoms with van der Waals surface area (Å²) in [5, 5.41) is 22.1. The van der Waals surface area contributed by atoms with Crippen LogP contribution in [0.5, 0.6) is 0 Å². The van der Waals surface area contributed by atoms with E-state index in [0.717, 1.165) is 38.5 Å². The molecule has 0 aromatic carbocycles. The largest absolute Gasteiger partial charge is 0.385 e. The van der Waals surface area contributed by atoms with Gasteiger partial charge in [0.25, 0.3) is 0 Å². The minimum absolute atomic E-state index is 0.629. The van der Waals surface area contributed by atoms with Crippen molar-refractivity contribution in [3.8, 4) is 0 Å². The molecule has 0 bridgehead atoms. The van der Waals surface area contributed by atoms with Crippen LogP contribution in [0.2, 0.25) is 0 Å². The van der Waals surface area contributed by atoms with Crippen LogP contribution < -0.4 is 0 Å². The van der Waals surface area contributed by atoms with Crippen molar-refractivity contribution in [2.45, 2.75) is 62.6 Å². The van der Waals surface area contributed by atoms with Gasteiger partial charge in [-0.25, -0.2) is 0 Å². The third kappa shape index (κ3) is 1.68. The Morgan fingerprint density at radius 3 is 1.59 bits per heavy atom. The minimum atomic E-state index is -0.718. The first-order valence-electron chi connectivity index (χ1n) is 8.37. The van der Waals surface area contributed by atoms with Crippen LogP contribution >= 0.6 is 0 Å². The first-order chi connectivity index (χ1) is 10.5. The Hall–Kier alpha value is -1.38. The molecule has 2 nitrogen and oxygen atoms in total. The van der Waals surface area contributed by atoms with Crippen molar-refractivity contribution in [3.63, 3.8) is 0 Å². The molecule has 0 heterocycles. The molecule has 0 spiro atoms. The third-order valence-corrected chi connectivity index (χ3v) is 6.03. The fourth-order valence-electron chi connectivity index (χ4n) is 5.22. The molecule has 2 unspecified atom stereocenters. The zero-order chi connectivity index (χ0) is 15.5. The Bertz CT molecular complexity index is 618. The smallest absolute Gasteiger partial charge is 0.0936 e. The third-order valence-electron chi connectivity index (χ3n) is 6.03. The molecule has 0 aromatic rings. The molecule has 0 radical (unpaired) electrons. The lowest BCUT2D eigenvalue weighted by molar-refractivity contribution is 0.0817. The summed E-state index contributed by atoms with van der Waals surface area (Å²) >= 11 is 0. The maximum Gasteiger partial charge on any atom is 0.0936 e. The lowest BCUT2D eigenvalue weighted by atomic mass is 9.83. The summed E-state index contributed by atoms with van der Waals surface area (Å²) in [5.74, 6) is 0. The molecule has 0 saturated carbocycles. The second-order valence-electron chi connectivity index (χ2n) is 7.32. The highest BCUT2D eigenvalue weighted by Crippen LogP contribution is 2.60. The average Bonchev–Trinajstić information content (AvgIpc) is 3.12. The molecule has 22 heavy (non-hydrogen) atoms. The molecule has 2 N–H and O–H groups in total. The van der Waals surface area contributed by atoms with E-state index in [1.807, 2.05) is 12.2 Å². The van der Waals surface area contributed by atoms with E-state index in [9.17, 15) is 10.2 Å². The number of fused-ring (bicyclic) bond motifs is 2. The quantitative estimate of drug-likeness (QED) is 0.773. The first-order valence-corrected chi connectivity index (χ1v) is 8.37. The van der Waals surface area contributed by atoms with Gasteiger partial charge in [-0.1, -0.05) is 23.3 Å². The number of rotatable bonds is 4. The highest BCUT2D eigenvalue weighted by molar-refractivity contribution is 5.68. The maximum atomic E-state index is 11.0. The Morgan fingerprint density at radius 1 is 0.818 bits per heavy atom. The summed E-state index contributed by atoms with van der Waals surface area (Å²) < 4.78 is 0. The number of aliphatic hydroxyl groups is 2. The molecule has 4 aliphatic rings. The van der Waals surface area contributed by atoms with Crippen LogP contribution in [0.3, 0.4) is 0 Å². The maximum absolute atomic E-state index is 11.0. The van der Waals surface area contributed by atoms with Crippen molar-refractivity contribution < 1.29 is 10.2 Å². The van der Waals surface area contributed by atoms with E-state index in [1.165, 1.54) is 33.4 Å². The van der Waals surface area contributed by atoms with Crippen molar-refractivity contribution >= 4 is 0 Å². The zero-order valence-electron chi connectivity index (χ0n) is 13.1. The first kappa shape index (κ1) is 14.2. The monoisotopic (exact) mass is 296 g/mol. The molecular weight excluding hydrogens is 272 g/mol. The zero-order valence-corrected chi connectivity index (χ0v) is 13.1. The predicted octanol–water partition coefficient (Wildman–Crippen LogP) is 3.89. The van der Waals surface area contributed by atoms with Gasteiger partial charge >= 0.3 is 0 Å². The lowest BCUT2D eigenvalue weighted by Crippen LogP contribution is -2.29. The second kappa shape index (κ2) is 4.56. The Kier molecular flexibility index (Phi) is 2.95. The van der Waals surface area contributed by atoms with Crippen LogP contribution in [0.1, 0.15) is 51.4 Å². The fraction of sp³-hybridized carbons (Fsp3) is 0.500. The SMILES string of the molecule is C=CCC1(O)CCC2=C1C1=C(C2)C2=C(CCC2(O)CC=C)C1. The normalized spacial score (nSPS) is 36.1. The summed E-state index contributed by atoms with van der Waals surface area (Å²) in [7, 11) is 0. The van der Waals surface area contributed by atoms with Crippen molar-refractivity contribution in [3.05, 3.63) is 58.7 Å². The van der Waals surface area contributed by atoms with E-state index in [1.54, 1.807) is 0 Å². The molecule has 0 saturated heterocycles. The molecule has 0 amide bonds. The Balaban J connectivity index is 1.73. The molecule has 116 valence electrons. The number of hydrogen-bond donors (Lipinski definition) is 2. The Morgan fingerprint density at radius 2 is 1.23 bits per heavy atom. The van der Waals surface area contributed by atoms with E-state index in [0.29, 0.717) is 12.8 Å². The van der Waals surface area contributed by atoms with Gasteiger partial charge in [-0.05, 0) is 73.7 Å². The van der Waals surface area contributed by atoms with E-state index < -0.39 is 11.2 Å².